The van der Waals surface area contributed by atoms with Gasteiger partial charge in [0.05, 0.1) is 17.5 Å². The van der Waals surface area contributed by atoms with Gasteiger partial charge in [-0.05, 0) is 18.2 Å². The molecule has 2 atom stereocenters. The first-order chi connectivity index (χ1) is 10.4. The molecule has 1 amide bonds. The summed E-state index contributed by atoms with van der Waals surface area (Å²) in [7, 11) is -3.05. The number of carbonyl (C=O) groups excluding carboxylic acids is 1. The number of aliphatic imine (C=N–C) groups is 1. The van der Waals surface area contributed by atoms with Crippen LogP contribution in [0.5, 0.6) is 0 Å². The number of amidine groups is 1. The number of hydrogen-bond donors (Lipinski definition) is 0. The number of nitrogens with zero attached hydrogens (tertiary/aromatic N) is 2. The normalized spacial score (nSPS) is 28.1. The number of alkyl halides is 1. The number of benzene rings is 1. The molecule has 0 spiro atoms. The van der Waals surface area contributed by atoms with Crippen molar-refractivity contribution >= 4 is 65.9 Å². The highest BCUT2D eigenvalue weighted by molar-refractivity contribution is 9.10. The Balaban J connectivity index is 2.03. The van der Waals surface area contributed by atoms with Gasteiger partial charge in [-0.3, -0.25) is 4.79 Å². The maximum absolute atomic E-state index is 11.9. The Hall–Kier alpha value is -0.570. The number of anilines is 1. The maximum atomic E-state index is 11.9. The highest BCUT2D eigenvalue weighted by Gasteiger charge is 2.49. The number of thioether (sulfide) groups is 1. The van der Waals surface area contributed by atoms with E-state index in [9.17, 15) is 13.2 Å². The largest absolute Gasteiger partial charge is 0.316 e. The van der Waals surface area contributed by atoms with Gasteiger partial charge in [0.2, 0.25) is 0 Å². The van der Waals surface area contributed by atoms with Gasteiger partial charge in [-0.2, -0.15) is 4.99 Å². The lowest BCUT2D eigenvalue weighted by Gasteiger charge is -2.24. The van der Waals surface area contributed by atoms with E-state index in [0.717, 1.165) is 10.2 Å². The standard InChI is InChI=1S/C13H12BrClN2O3S2/c14-8-2-1-3-9(4-8)17-10-6-22(19,20)7-11(10)21-13(17)16-12(18)5-15/h1-4,10-11H,5-7H2/t10-,11-/m0/s1. The summed E-state index contributed by atoms with van der Waals surface area (Å²) in [5.41, 5.74) is 0.813. The van der Waals surface area contributed by atoms with Gasteiger partial charge in [-0.15, -0.1) is 11.6 Å². The summed E-state index contributed by atoms with van der Waals surface area (Å²) in [5.74, 6) is -0.428. The second-order valence-corrected chi connectivity index (χ2v) is 9.62. The van der Waals surface area contributed by atoms with E-state index in [4.69, 9.17) is 11.6 Å². The molecule has 3 rings (SSSR count). The van der Waals surface area contributed by atoms with Crippen molar-refractivity contribution in [2.45, 2.75) is 11.3 Å². The van der Waals surface area contributed by atoms with Crippen molar-refractivity contribution in [3.8, 4) is 0 Å². The third kappa shape index (κ3) is 3.20. The predicted octanol–water partition coefficient (Wildman–Crippen LogP) is 2.29. The van der Waals surface area contributed by atoms with Gasteiger partial charge in [0, 0.05) is 15.4 Å². The summed E-state index contributed by atoms with van der Waals surface area (Å²) in [6.45, 7) is 0. The molecular formula is C13H12BrClN2O3S2. The number of halogens is 2. The fourth-order valence-electron chi connectivity index (χ4n) is 2.63. The van der Waals surface area contributed by atoms with E-state index in [1.54, 1.807) is 0 Å². The number of carbonyl (C=O) groups is 1. The lowest BCUT2D eigenvalue weighted by molar-refractivity contribution is -0.115. The Labute approximate surface area is 146 Å². The molecule has 2 aliphatic rings. The van der Waals surface area contributed by atoms with Gasteiger partial charge in [0.25, 0.3) is 5.91 Å². The van der Waals surface area contributed by atoms with Crippen molar-refractivity contribution in [1.29, 1.82) is 0 Å². The van der Waals surface area contributed by atoms with Crippen LogP contribution in [0.25, 0.3) is 0 Å². The highest BCUT2D eigenvalue weighted by Crippen LogP contribution is 2.41. The number of rotatable bonds is 2. The van der Waals surface area contributed by atoms with Crippen LogP contribution in [0.2, 0.25) is 0 Å². The average molecular weight is 424 g/mol. The Morgan fingerprint density at radius 2 is 2.23 bits per heavy atom. The lowest BCUT2D eigenvalue weighted by Crippen LogP contribution is -2.37. The quantitative estimate of drug-likeness (QED) is 0.683. The molecular weight excluding hydrogens is 412 g/mol. The zero-order chi connectivity index (χ0) is 15.9. The van der Waals surface area contributed by atoms with E-state index in [-0.39, 0.29) is 28.7 Å². The van der Waals surface area contributed by atoms with Gasteiger partial charge in [-0.1, -0.05) is 33.8 Å². The molecule has 0 saturated carbocycles. The molecule has 2 heterocycles. The molecule has 2 saturated heterocycles. The van der Waals surface area contributed by atoms with Crippen LogP contribution in [-0.2, 0) is 14.6 Å². The smallest absolute Gasteiger partial charge is 0.262 e. The van der Waals surface area contributed by atoms with Crippen molar-refractivity contribution in [3.05, 3.63) is 28.7 Å². The SMILES string of the molecule is O=C(CCl)N=C1S[C@H]2CS(=O)(=O)C[C@@H]2N1c1cccc(Br)c1. The van der Waals surface area contributed by atoms with Crippen LogP contribution in [0, 0.1) is 0 Å². The fourth-order valence-corrected chi connectivity index (χ4v) is 7.01. The van der Waals surface area contributed by atoms with Crippen LogP contribution in [0.1, 0.15) is 0 Å². The van der Waals surface area contributed by atoms with Crippen molar-refractivity contribution in [2.24, 2.45) is 4.99 Å². The van der Waals surface area contributed by atoms with E-state index in [2.05, 4.69) is 20.9 Å². The topological polar surface area (TPSA) is 66.8 Å². The molecule has 5 nitrogen and oxygen atoms in total. The first kappa shape index (κ1) is 16.3. The summed E-state index contributed by atoms with van der Waals surface area (Å²) in [6.07, 6.45) is 0. The van der Waals surface area contributed by atoms with E-state index < -0.39 is 15.7 Å². The summed E-state index contributed by atoms with van der Waals surface area (Å²) in [4.78, 5) is 17.5. The van der Waals surface area contributed by atoms with Crippen molar-refractivity contribution in [1.82, 2.24) is 0 Å². The van der Waals surface area contributed by atoms with Gasteiger partial charge in [0.15, 0.2) is 15.0 Å². The summed E-state index contributed by atoms with van der Waals surface area (Å²) in [6, 6.07) is 7.30. The zero-order valence-electron chi connectivity index (χ0n) is 11.3. The van der Waals surface area contributed by atoms with E-state index in [0.29, 0.717) is 5.17 Å². The molecule has 22 heavy (non-hydrogen) atoms. The molecule has 9 heteroatoms. The van der Waals surface area contributed by atoms with Gasteiger partial charge in [-0.25, -0.2) is 8.42 Å². The van der Waals surface area contributed by atoms with Crippen LogP contribution >= 0.6 is 39.3 Å². The molecule has 118 valence electrons. The average Bonchev–Trinajstić information content (AvgIpc) is 2.89. The molecule has 0 radical (unpaired) electrons. The van der Waals surface area contributed by atoms with Crippen LogP contribution in [0.3, 0.4) is 0 Å². The fraction of sp³-hybridized carbons (Fsp3) is 0.385. The summed E-state index contributed by atoms with van der Waals surface area (Å²) >= 11 is 10.3. The van der Waals surface area contributed by atoms with E-state index in [1.165, 1.54) is 11.8 Å². The highest BCUT2D eigenvalue weighted by atomic mass is 79.9. The van der Waals surface area contributed by atoms with Crippen LogP contribution in [0.4, 0.5) is 5.69 Å². The van der Waals surface area contributed by atoms with Crippen LogP contribution in [-0.4, -0.2) is 48.2 Å². The predicted molar refractivity (Wildman–Crippen MR) is 93.6 cm³/mol. The Morgan fingerprint density at radius 3 is 2.91 bits per heavy atom. The first-order valence-electron chi connectivity index (χ1n) is 6.49. The second-order valence-electron chi connectivity index (χ2n) is 5.07. The minimum absolute atomic E-state index is 0.0747. The number of fused-ring (bicyclic) bond motifs is 1. The van der Waals surface area contributed by atoms with E-state index in [1.807, 2.05) is 29.2 Å². The third-order valence-corrected chi connectivity index (χ3v) is 7.42. The molecule has 1 aromatic carbocycles. The summed E-state index contributed by atoms with van der Waals surface area (Å²) < 4.78 is 24.7. The lowest BCUT2D eigenvalue weighted by atomic mass is 10.2. The number of sulfone groups is 1. The molecule has 0 bridgehead atoms. The number of hydrogen-bond acceptors (Lipinski definition) is 4. The third-order valence-electron chi connectivity index (χ3n) is 3.49. The second kappa shape index (κ2) is 6.14. The zero-order valence-corrected chi connectivity index (χ0v) is 15.3. The number of amides is 1. The van der Waals surface area contributed by atoms with Crippen LogP contribution < -0.4 is 4.90 Å². The van der Waals surface area contributed by atoms with Crippen molar-refractivity contribution < 1.29 is 13.2 Å². The molecule has 2 fully saturated rings. The summed E-state index contributed by atoms with van der Waals surface area (Å²) in [5, 5.41) is 0.416. The van der Waals surface area contributed by atoms with Crippen molar-refractivity contribution in [2.75, 3.05) is 22.3 Å². The molecule has 0 N–H and O–H groups in total. The van der Waals surface area contributed by atoms with Crippen LogP contribution in [0.15, 0.2) is 33.7 Å². The minimum Gasteiger partial charge on any atom is -0.316 e. The van der Waals surface area contributed by atoms with E-state index >= 15 is 0 Å². The molecule has 0 aliphatic carbocycles. The first-order valence-corrected chi connectivity index (χ1v) is 10.5. The maximum Gasteiger partial charge on any atom is 0.262 e. The minimum atomic E-state index is -3.05. The van der Waals surface area contributed by atoms with Crippen molar-refractivity contribution in [3.63, 3.8) is 0 Å². The molecule has 2 aliphatic heterocycles. The molecule has 1 aromatic rings. The Kier molecular flexibility index (Phi) is 4.55. The molecule has 0 aromatic heterocycles. The molecule has 0 unspecified atom stereocenters. The Morgan fingerprint density at radius 1 is 1.45 bits per heavy atom. The van der Waals surface area contributed by atoms with Gasteiger partial charge >= 0.3 is 0 Å². The Bertz CT molecular complexity index is 753. The van der Waals surface area contributed by atoms with Gasteiger partial charge in [0.1, 0.15) is 5.88 Å². The monoisotopic (exact) mass is 422 g/mol. The van der Waals surface area contributed by atoms with Gasteiger partial charge < -0.3 is 4.90 Å².